The van der Waals surface area contributed by atoms with Crippen LogP contribution in [-0.2, 0) is 14.3 Å². The Morgan fingerprint density at radius 2 is 1.75 bits per heavy atom. The number of rotatable bonds is 8. The van der Waals surface area contributed by atoms with Crippen LogP contribution < -0.4 is 19.5 Å². The van der Waals surface area contributed by atoms with Gasteiger partial charge in [-0.05, 0) is 17.7 Å². The average molecular weight is 387 g/mol. The highest BCUT2D eigenvalue weighted by Crippen LogP contribution is 2.36. The molecule has 0 unspecified atom stereocenters. The molecule has 0 aromatic heterocycles. The first kappa shape index (κ1) is 20.0. The highest BCUT2D eigenvalue weighted by Gasteiger charge is 2.29. The fourth-order valence-corrected chi connectivity index (χ4v) is 2.94. The van der Waals surface area contributed by atoms with Gasteiger partial charge in [0.15, 0.2) is 17.6 Å². The van der Waals surface area contributed by atoms with Gasteiger partial charge < -0.3 is 29.0 Å². The monoisotopic (exact) mass is 387 g/mol. The van der Waals surface area contributed by atoms with Crippen molar-refractivity contribution in [1.82, 2.24) is 5.32 Å². The molecule has 1 N–H and O–H groups in total. The highest BCUT2D eigenvalue weighted by atomic mass is 16.6. The highest BCUT2D eigenvalue weighted by molar-refractivity contribution is 5.81. The van der Waals surface area contributed by atoms with Crippen molar-refractivity contribution in [2.45, 2.75) is 12.2 Å². The first-order chi connectivity index (χ1) is 13.7. The van der Waals surface area contributed by atoms with Gasteiger partial charge in [-0.1, -0.05) is 36.4 Å². The number of carbonyl (C=O) groups is 1. The molecule has 1 amide bonds. The Kier molecular flexibility index (Phi) is 7.11. The molecule has 0 bridgehead atoms. The summed E-state index contributed by atoms with van der Waals surface area (Å²) in [6.45, 7) is 1.24. The molecule has 1 fully saturated rings. The maximum Gasteiger partial charge on any atom is 0.251 e. The minimum absolute atomic E-state index is 0.226. The zero-order chi connectivity index (χ0) is 19.8. The van der Waals surface area contributed by atoms with Gasteiger partial charge >= 0.3 is 0 Å². The third-order valence-electron chi connectivity index (χ3n) is 4.36. The Bertz CT molecular complexity index is 744. The Morgan fingerprint density at radius 1 is 1.04 bits per heavy atom. The average Bonchev–Trinajstić information content (AvgIpc) is 2.77. The summed E-state index contributed by atoms with van der Waals surface area (Å²) >= 11 is 0. The molecule has 3 rings (SSSR count). The van der Waals surface area contributed by atoms with Crippen LogP contribution in [0.5, 0.6) is 17.2 Å². The largest absolute Gasteiger partial charge is 0.493 e. The van der Waals surface area contributed by atoms with Crippen molar-refractivity contribution in [3.8, 4) is 17.2 Å². The van der Waals surface area contributed by atoms with Gasteiger partial charge in [0.2, 0.25) is 5.75 Å². The summed E-state index contributed by atoms with van der Waals surface area (Å²) in [5, 5.41) is 2.82. The van der Waals surface area contributed by atoms with E-state index in [9.17, 15) is 4.79 Å². The number of amides is 1. The van der Waals surface area contributed by atoms with Crippen LogP contribution in [0.25, 0.3) is 0 Å². The van der Waals surface area contributed by atoms with Crippen molar-refractivity contribution < 1.29 is 28.5 Å². The van der Waals surface area contributed by atoms with Gasteiger partial charge in [-0.3, -0.25) is 4.79 Å². The van der Waals surface area contributed by atoms with Crippen molar-refractivity contribution in [3.05, 3.63) is 54.1 Å². The molecule has 1 heterocycles. The smallest absolute Gasteiger partial charge is 0.251 e. The first-order valence-electron chi connectivity index (χ1n) is 9.12. The summed E-state index contributed by atoms with van der Waals surface area (Å²) in [7, 11) is 3.12. The third-order valence-corrected chi connectivity index (χ3v) is 4.36. The molecule has 28 heavy (non-hydrogen) atoms. The third kappa shape index (κ3) is 4.94. The lowest BCUT2D eigenvalue weighted by atomic mass is 10.1. The fraction of sp³-hybridized carbons (Fsp3) is 0.381. The number of nitrogens with one attached hydrogen (secondary N) is 1. The molecule has 1 aliphatic rings. The van der Waals surface area contributed by atoms with Crippen LogP contribution >= 0.6 is 0 Å². The summed E-state index contributed by atoms with van der Waals surface area (Å²) in [5.41, 5.74) is 0.992. The summed E-state index contributed by atoms with van der Waals surface area (Å²) in [6.07, 6.45) is -0.903. The zero-order valence-corrected chi connectivity index (χ0v) is 16.1. The van der Waals surface area contributed by atoms with E-state index in [1.807, 2.05) is 36.4 Å². The number of para-hydroxylation sites is 1. The molecular formula is C21H25NO6. The van der Waals surface area contributed by atoms with Crippen LogP contribution in [0.1, 0.15) is 11.7 Å². The molecule has 0 aliphatic carbocycles. The first-order valence-corrected chi connectivity index (χ1v) is 9.12. The summed E-state index contributed by atoms with van der Waals surface area (Å²) < 4.78 is 27.8. The minimum Gasteiger partial charge on any atom is -0.493 e. The lowest BCUT2D eigenvalue weighted by molar-refractivity contribution is -0.165. The van der Waals surface area contributed by atoms with Crippen LogP contribution in [0.4, 0.5) is 0 Å². The minimum atomic E-state index is -0.653. The number of benzene rings is 2. The maximum atomic E-state index is 12.4. The van der Waals surface area contributed by atoms with E-state index in [4.69, 9.17) is 23.7 Å². The zero-order valence-electron chi connectivity index (χ0n) is 16.1. The van der Waals surface area contributed by atoms with E-state index in [1.165, 1.54) is 0 Å². The molecule has 0 radical (unpaired) electrons. The van der Waals surface area contributed by atoms with Crippen molar-refractivity contribution in [2.75, 3.05) is 40.6 Å². The van der Waals surface area contributed by atoms with E-state index in [0.717, 1.165) is 5.56 Å². The van der Waals surface area contributed by atoms with Gasteiger partial charge in [-0.2, -0.15) is 0 Å². The van der Waals surface area contributed by atoms with Crippen LogP contribution in [0.2, 0.25) is 0 Å². The number of hydrogen-bond donors (Lipinski definition) is 1. The molecule has 1 aliphatic heterocycles. The van der Waals surface area contributed by atoms with Crippen molar-refractivity contribution in [3.63, 3.8) is 0 Å². The molecular weight excluding hydrogens is 362 g/mol. The molecule has 7 heteroatoms. The molecule has 150 valence electrons. The van der Waals surface area contributed by atoms with Crippen LogP contribution in [0, 0.1) is 0 Å². The molecule has 0 saturated carbocycles. The van der Waals surface area contributed by atoms with E-state index in [-0.39, 0.29) is 25.2 Å². The summed E-state index contributed by atoms with van der Waals surface area (Å²) in [6, 6.07) is 15.1. The topological polar surface area (TPSA) is 75.2 Å². The molecule has 1 saturated heterocycles. The van der Waals surface area contributed by atoms with Crippen LogP contribution in [0.15, 0.2) is 48.5 Å². The summed E-state index contributed by atoms with van der Waals surface area (Å²) in [5.74, 6) is 1.42. The number of ether oxygens (including phenoxy) is 5. The maximum absolute atomic E-state index is 12.4. The van der Waals surface area contributed by atoms with Crippen molar-refractivity contribution in [1.29, 1.82) is 0 Å². The van der Waals surface area contributed by atoms with Crippen LogP contribution in [0.3, 0.4) is 0 Å². The molecule has 2 aromatic carbocycles. The Balaban J connectivity index is 1.48. The van der Waals surface area contributed by atoms with Gasteiger partial charge in [0.25, 0.3) is 5.91 Å². The van der Waals surface area contributed by atoms with Gasteiger partial charge in [0.1, 0.15) is 12.7 Å². The van der Waals surface area contributed by atoms with E-state index in [1.54, 1.807) is 26.4 Å². The second-order valence-electron chi connectivity index (χ2n) is 6.19. The van der Waals surface area contributed by atoms with E-state index in [0.29, 0.717) is 30.4 Å². The predicted octanol–water partition coefficient (Wildman–Crippen LogP) is 2.36. The number of methoxy groups -OCH3 is 2. The van der Waals surface area contributed by atoms with Crippen molar-refractivity contribution in [2.24, 2.45) is 0 Å². The normalized spacial score (nSPS) is 18.9. The molecule has 0 spiro atoms. The van der Waals surface area contributed by atoms with Gasteiger partial charge in [0, 0.05) is 0 Å². The summed E-state index contributed by atoms with van der Waals surface area (Å²) in [4.78, 5) is 12.4. The Morgan fingerprint density at radius 3 is 2.43 bits per heavy atom. The van der Waals surface area contributed by atoms with Gasteiger partial charge in [-0.25, -0.2) is 0 Å². The SMILES string of the molecule is COc1cccc(OC)c1OCCNC(=O)[C@@H]1COC[C@@H](c2ccccc2)O1. The Hall–Kier alpha value is -2.77. The van der Waals surface area contributed by atoms with Crippen molar-refractivity contribution >= 4 is 5.91 Å². The fourth-order valence-electron chi connectivity index (χ4n) is 2.94. The molecule has 2 aromatic rings. The standard InChI is InChI=1S/C21H25NO6/c1-24-16-9-6-10-17(25-2)20(16)27-12-11-22-21(23)19-14-26-13-18(28-19)15-7-4-3-5-8-15/h3-10,18-19H,11-14H2,1-2H3,(H,22,23)/t18-,19-/m0/s1. The quantitative estimate of drug-likeness (QED) is 0.701. The van der Waals surface area contributed by atoms with Gasteiger partial charge in [-0.15, -0.1) is 0 Å². The van der Waals surface area contributed by atoms with E-state index < -0.39 is 6.10 Å². The van der Waals surface area contributed by atoms with E-state index >= 15 is 0 Å². The second kappa shape index (κ2) is 9.96. The number of carbonyl (C=O) groups excluding carboxylic acids is 1. The number of hydrogen-bond acceptors (Lipinski definition) is 6. The predicted molar refractivity (Wildman–Crippen MR) is 103 cm³/mol. The molecule has 2 atom stereocenters. The lowest BCUT2D eigenvalue weighted by Crippen LogP contribution is -2.44. The van der Waals surface area contributed by atoms with Gasteiger partial charge in [0.05, 0.1) is 34.0 Å². The lowest BCUT2D eigenvalue weighted by Gasteiger charge is -2.29. The Labute approximate surface area is 164 Å². The van der Waals surface area contributed by atoms with Crippen LogP contribution in [-0.4, -0.2) is 52.6 Å². The molecule has 7 nitrogen and oxygen atoms in total. The second-order valence-corrected chi connectivity index (χ2v) is 6.19. The van der Waals surface area contributed by atoms with E-state index in [2.05, 4.69) is 5.32 Å².